The van der Waals surface area contributed by atoms with Crippen LogP contribution in [0.25, 0.3) is 0 Å². The molecule has 2 amide bonds. The number of carbonyl (C=O) groups is 2. The minimum atomic E-state index is -0.198. The molecular weight excluding hydrogens is 418 g/mol. The van der Waals surface area contributed by atoms with E-state index in [9.17, 15) is 9.59 Å². The summed E-state index contributed by atoms with van der Waals surface area (Å²) in [4.78, 5) is 39.2. The lowest BCUT2D eigenvalue weighted by atomic mass is 10.1. The number of aromatic nitrogens is 3. The molecule has 1 atom stereocenters. The summed E-state index contributed by atoms with van der Waals surface area (Å²) in [5.41, 5.74) is 4.33. The lowest BCUT2D eigenvalue weighted by molar-refractivity contribution is -0.131. The SMILES string of the molecule is Cc1nc([C@H]2CCCN2C(=O)Cc2c(C)noc2C)nc2c1CC(=O)N2Cc1ccccc1. The Balaban J connectivity index is 1.43. The Labute approximate surface area is 192 Å². The van der Waals surface area contributed by atoms with Crippen LogP contribution < -0.4 is 4.90 Å². The Hall–Kier alpha value is -3.55. The maximum absolute atomic E-state index is 13.2. The number of carbonyl (C=O) groups excluding carboxylic acids is 2. The van der Waals surface area contributed by atoms with E-state index < -0.39 is 0 Å². The number of hydrogen-bond acceptors (Lipinski definition) is 6. The monoisotopic (exact) mass is 445 g/mol. The third kappa shape index (κ3) is 3.90. The lowest BCUT2D eigenvalue weighted by Crippen LogP contribution is -2.33. The van der Waals surface area contributed by atoms with Gasteiger partial charge >= 0.3 is 0 Å². The number of anilines is 1. The molecule has 1 fully saturated rings. The second kappa shape index (κ2) is 8.42. The molecule has 0 spiro atoms. The topological polar surface area (TPSA) is 92.4 Å². The minimum absolute atomic E-state index is 0.0193. The summed E-state index contributed by atoms with van der Waals surface area (Å²) in [6.07, 6.45) is 2.26. The van der Waals surface area contributed by atoms with Gasteiger partial charge in [-0.2, -0.15) is 0 Å². The molecule has 0 radical (unpaired) electrons. The van der Waals surface area contributed by atoms with E-state index in [0.29, 0.717) is 36.9 Å². The van der Waals surface area contributed by atoms with Gasteiger partial charge in [0.05, 0.1) is 31.1 Å². The minimum Gasteiger partial charge on any atom is -0.361 e. The molecule has 2 aliphatic rings. The maximum Gasteiger partial charge on any atom is 0.233 e. The quantitative estimate of drug-likeness (QED) is 0.598. The first-order valence-corrected chi connectivity index (χ1v) is 11.3. The molecule has 2 aliphatic heterocycles. The van der Waals surface area contributed by atoms with Crippen LogP contribution in [0.3, 0.4) is 0 Å². The highest BCUT2D eigenvalue weighted by atomic mass is 16.5. The smallest absolute Gasteiger partial charge is 0.233 e. The van der Waals surface area contributed by atoms with Gasteiger partial charge in [0.1, 0.15) is 11.6 Å². The van der Waals surface area contributed by atoms with E-state index in [-0.39, 0.29) is 24.3 Å². The molecule has 8 nitrogen and oxygen atoms in total. The third-order valence-electron chi connectivity index (χ3n) is 6.66. The summed E-state index contributed by atoms with van der Waals surface area (Å²) in [6.45, 7) is 6.75. The first-order chi connectivity index (χ1) is 15.9. The largest absolute Gasteiger partial charge is 0.361 e. The summed E-state index contributed by atoms with van der Waals surface area (Å²) in [7, 11) is 0. The molecule has 0 N–H and O–H groups in total. The van der Waals surface area contributed by atoms with E-state index in [0.717, 1.165) is 40.9 Å². The third-order valence-corrected chi connectivity index (χ3v) is 6.66. The van der Waals surface area contributed by atoms with Gasteiger partial charge in [-0.05, 0) is 39.2 Å². The van der Waals surface area contributed by atoms with Crippen molar-refractivity contribution in [1.29, 1.82) is 0 Å². The van der Waals surface area contributed by atoms with Gasteiger partial charge < -0.3 is 9.42 Å². The molecule has 4 heterocycles. The van der Waals surface area contributed by atoms with Crippen molar-refractivity contribution in [2.24, 2.45) is 0 Å². The molecule has 0 aliphatic carbocycles. The highest BCUT2D eigenvalue weighted by Crippen LogP contribution is 2.36. The van der Waals surface area contributed by atoms with Crippen molar-refractivity contribution in [3.63, 3.8) is 0 Å². The summed E-state index contributed by atoms with van der Waals surface area (Å²) < 4.78 is 5.22. The van der Waals surface area contributed by atoms with Crippen molar-refractivity contribution in [2.45, 2.75) is 59.0 Å². The molecule has 170 valence electrons. The fraction of sp³-hybridized carbons (Fsp3) is 0.400. The molecule has 8 heteroatoms. The Bertz CT molecular complexity index is 1200. The van der Waals surface area contributed by atoms with E-state index in [2.05, 4.69) is 5.16 Å². The van der Waals surface area contributed by atoms with Crippen LogP contribution in [-0.4, -0.2) is 38.4 Å². The van der Waals surface area contributed by atoms with Crippen molar-refractivity contribution < 1.29 is 14.1 Å². The van der Waals surface area contributed by atoms with Gasteiger partial charge in [-0.1, -0.05) is 35.5 Å². The van der Waals surface area contributed by atoms with E-state index in [1.54, 1.807) is 4.90 Å². The van der Waals surface area contributed by atoms with Crippen LogP contribution in [0, 0.1) is 20.8 Å². The van der Waals surface area contributed by atoms with Gasteiger partial charge in [0.25, 0.3) is 0 Å². The van der Waals surface area contributed by atoms with Gasteiger partial charge in [-0.25, -0.2) is 9.97 Å². The first kappa shape index (κ1) is 21.3. The van der Waals surface area contributed by atoms with Crippen LogP contribution in [-0.2, 0) is 29.0 Å². The Morgan fingerprint density at radius 3 is 2.64 bits per heavy atom. The number of aryl methyl sites for hydroxylation is 3. The van der Waals surface area contributed by atoms with E-state index >= 15 is 0 Å². The number of nitrogens with zero attached hydrogens (tertiary/aromatic N) is 5. The van der Waals surface area contributed by atoms with Gasteiger partial charge in [0.15, 0.2) is 5.82 Å². The normalized spacial score (nSPS) is 17.7. The average Bonchev–Trinajstić information content (AvgIpc) is 3.50. The van der Waals surface area contributed by atoms with Crippen molar-refractivity contribution in [2.75, 3.05) is 11.4 Å². The Morgan fingerprint density at radius 1 is 1.12 bits per heavy atom. The predicted octanol–water partition coefficient (Wildman–Crippen LogP) is 3.39. The Morgan fingerprint density at radius 2 is 1.91 bits per heavy atom. The van der Waals surface area contributed by atoms with Gasteiger partial charge in [-0.15, -0.1) is 0 Å². The molecule has 5 rings (SSSR count). The summed E-state index contributed by atoms with van der Waals surface area (Å²) in [6, 6.07) is 9.71. The molecule has 0 bridgehead atoms. The van der Waals surface area contributed by atoms with E-state index in [4.69, 9.17) is 14.5 Å². The number of fused-ring (bicyclic) bond motifs is 1. The molecule has 3 aromatic rings. The molecule has 1 saturated heterocycles. The fourth-order valence-corrected chi connectivity index (χ4v) is 4.82. The Kier molecular flexibility index (Phi) is 5.44. The zero-order chi connectivity index (χ0) is 23.1. The fourth-order valence-electron chi connectivity index (χ4n) is 4.82. The number of rotatable bonds is 5. The van der Waals surface area contributed by atoms with Crippen LogP contribution in [0.5, 0.6) is 0 Å². The van der Waals surface area contributed by atoms with Gasteiger partial charge in [-0.3, -0.25) is 14.5 Å². The summed E-state index contributed by atoms with van der Waals surface area (Å²) in [5.74, 6) is 2.02. The first-order valence-electron chi connectivity index (χ1n) is 11.3. The van der Waals surface area contributed by atoms with Crippen molar-refractivity contribution in [3.8, 4) is 0 Å². The molecule has 2 aromatic heterocycles. The highest BCUT2D eigenvalue weighted by Gasteiger charge is 2.36. The predicted molar refractivity (Wildman–Crippen MR) is 121 cm³/mol. The number of amides is 2. The number of benzene rings is 1. The number of hydrogen-bond donors (Lipinski definition) is 0. The summed E-state index contributed by atoms with van der Waals surface area (Å²) >= 11 is 0. The maximum atomic E-state index is 13.2. The van der Waals surface area contributed by atoms with Crippen LogP contribution in [0.1, 0.15) is 58.5 Å². The lowest BCUT2D eigenvalue weighted by Gasteiger charge is -2.25. The molecule has 0 saturated carbocycles. The zero-order valence-corrected chi connectivity index (χ0v) is 19.2. The van der Waals surface area contributed by atoms with Crippen molar-refractivity contribution in [3.05, 3.63) is 70.0 Å². The summed E-state index contributed by atoms with van der Waals surface area (Å²) in [5, 5.41) is 3.97. The standard InChI is InChI=1S/C25H27N5O3/c1-15-20-13-23(32)30(14-18-8-5-4-6-9-18)25(20)27-24(26-15)21-10-7-11-29(21)22(31)12-19-16(2)28-33-17(19)3/h4-6,8-9,21H,7,10-14H2,1-3H3/t21-/m1/s1. The van der Waals surface area contributed by atoms with E-state index in [1.807, 2.05) is 56.0 Å². The second-order valence-electron chi connectivity index (χ2n) is 8.84. The van der Waals surface area contributed by atoms with Crippen LogP contribution in [0.2, 0.25) is 0 Å². The van der Waals surface area contributed by atoms with Crippen LogP contribution in [0.4, 0.5) is 5.82 Å². The molecular formula is C25H27N5O3. The molecule has 33 heavy (non-hydrogen) atoms. The molecule has 1 aromatic carbocycles. The second-order valence-corrected chi connectivity index (χ2v) is 8.84. The van der Waals surface area contributed by atoms with Gasteiger partial charge in [0, 0.05) is 23.4 Å². The van der Waals surface area contributed by atoms with Crippen LogP contribution in [0.15, 0.2) is 34.9 Å². The van der Waals surface area contributed by atoms with Crippen molar-refractivity contribution >= 4 is 17.6 Å². The zero-order valence-electron chi connectivity index (χ0n) is 19.2. The van der Waals surface area contributed by atoms with Crippen molar-refractivity contribution in [1.82, 2.24) is 20.0 Å². The van der Waals surface area contributed by atoms with Crippen LogP contribution >= 0.6 is 0 Å². The molecule has 0 unspecified atom stereocenters. The number of likely N-dealkylation sites (tertiary alicyclic amines) is 1. The average molecular weight is 446 g/mol. The highest BCUT2D eigenvalue weighted by molar-refractivity contribution is 6.00. The van der Waals surface area contributed by atoms with Gasteiger partial charge in [0.2, 0.25) is 11.8 Å². The van der Waals surface area contributed by atoms with E-state index in [1.165, 1.54) is 0 Å².